The zero-order chi connectivity index (χ0) is 15.1. The molecule has 2 aromatic rings. The van der Waals surface area contributed by atoms with Crippen LogP contribution in [0.25, 0.3) is 0 Å². The zero-order valence-corrected chi connectivity index (χ0v) is 12.5. The molecule has 0 saturated carbocycles. The predicted octanol–water partition coefficient (Wildman–Crippen LogP) is 3.31. The van der Waals surface area contributed by atoms with Gasteiger partial charge >= 0.3 is 5.97 Å². The van der Waals surface area contributed by atoms with Crippen LogP contribution in [0.3, 0.4) is 0 Å². The van der Waals surface area contributed by atoms with Gasteiger partial charge in [-0.25, -0.2) is 0 Å². The summed E-state index contributed by atoms with van der Waals surface area (Å²) in [6, 6.07) is 19.7. The summed E-state index contributed by atoms with van der Waals surface area (Å²) in [4.78, 5) is 10.8. The average Bonchev–Trinajstić information content (AvgIpc) is 2.53. The molecule has 0 radical (unpaired) electrons. The highest BCUT2D eigenvalue weighted by molar-refractivity contribution is 7.99. The lowest BCUT2D eigenvalue weighted by atomic mass is 10.0. The van der Waals surface area contributed by atoms with E-state index in [1.165, 1.54) is 11.1 Å². The summed E-state index contributed by atoms with van der Waals surface area (Å²) >= 11 is 1.73. The fraction of sp³-hybridized carbons (Fsp3) is 0.235. The van der Waals surface area contributed by atoms with Gasteiger partial charge in [-0.1, -0.05) is 60.7 Å². The monoisotopic (exact) mass is 301 g/mol. The summed E-state index contributed by atoms with van der Waals surface area (Å²) in [5.74, 6) is -0.228. The molecule has 0 aliphatic heterocycles. The van der Waals surface area contributed by atoms with Crippen molar-refractivity contribution >= 4 is 17.7 Å². The largest absolute Gasteiger partial charge is 0.480 e. The van der Waals surface area contributed by atoms with Crippen LogP contribution in [0.2, 0.25) is 0 Å². The summed E-state index contributed by atoms with van der Waals surface area (Å²) in [5, 5.41) is 9.05. The van der Waals surface area contributed by atoms with Gasteiger partial charge in [0.15, 0.2) is 0 Å². The number of rotatable bonds is 7. The Labute approximate surface area is 129 Å². The third-order valence-corrected chi connectivity index (χ3v) is 4.58. The van der Waals surface area contributed by atoms with E-state index in [1.54, 1.807) is 11.8 Å². The maximum Gasteiger partial charge on any atom is 0.320 e. The fourth-order valence-electron chi connectivity index (χ4n) is 2.08. The molecule has 21 heavy (non-hydrogen) atoms. The van der Waals surface area contributed by atoms with Gasteiger partial charge in [0.1, 0.15) is 6.04 Å². The third-order valence-electron chi connectivity index (χ3n) is 3.24. The normalized spacial score (nSPS) is 12.3. The minimum Gasteiger partial charge on any atom is -0.480 e. The van der Waals surface area contributed by atoms with Crippen molar-refractivity contribution < 1.29 is 9.90 Å². The molecule has 0 aliphatic rings. The van der Waals surface area contributed by atoms with Gasteiger partial charge < -0.3 is 10.8 Å². The van der Waals surface area contributed by atoms with Crippen molar-refractivity contribution in [3.8, 4) is 0 Å². The molecule has 0 aliphatic carbocycles. The van der Waals surface area contributed by atoms with E-state index >= 15 is 0 Å². The minimum absolute atomic E-state index is 0.202. The van der Waals surface area contributed by atoms with Gasteiger partial charge in [0, 0.05) is 0 Å². The SMILES string of the molecule is NC(CCSC(c1ccccc1)c1ccccc1)C(=O)O. The van der Waals surface area contributed by atoms with Gasteiger partial charge in [0.05, 0.1) is 5.25 Å². The molecule has 0 heterocycles. The molecule has 1 unspecified atom stereocenters. The Balaban J connectivity index is 2.09. The molecule has 0 amide bonds. The zero-order valence-electron chi connectivity index (χ0n) is 11.7. The van der Waals surface area contributed by atoms with Gasteiger partial charge in [-0.3, -0.25) is 4.79 Å². The lowest BCUT2D eigenvalue weighted by molar-refractivity contribution is -0.138. The summed E-state index contributed by atoms with van der Waals surface area (Å²) in [5.41, 5.74) is 8.01. The van der Waals surface area contributed by atoms with E-state index in [1.807, 2.05) is 36.4 Å². The number of nitrogens with two attached hydrogens (primary N) is 1. The van der Waals surface area contributed by atoms with Crippen LogP contribution < -0.4 is 5.73 Å². The number of hydrogen-bond acceptors (Lipinski definition) is 3. The Bertz CT molecular complexity index is 520. The van der Waals surface area contributed by atoms with Crippen LogP contribution in [0.5, 0.6) is 0 Å². The molecule has 2 rings (SSSR count). The van der Waals surface area contributed by atoms with Crippen LogP contribution in [0, 0.1) is 0 Å². The predicted molar refractivity (Wildman–Crippen MR) is 87.4 cm³/mol. The Morgan fingerprint density at radius 3 is 1.90 bits per heavy atom. The number of carbonyl (C=O) groups is 1. The highest BCUT2D eigenvalue weighted by Gasteiger charge is 2.16. The fourth-order valence-corrected chi connectivity index (χ4v) is 3.40. The molecule has 0 spiro atoms. The molecular formula is C17H19NO2S. The second-order valence-corrected chi connectivity index (χ2v) is 6.02. The second-order valence-electron chi connectivity index (χ2n) is 4.81. The summed E-state index contributed by atoms with van der Waals surface area (Å²) in [7, 11) is 0. The molecule has 110 valence electrons. The van der Waals surface area contributed by atoms with Crippen LogP contribution in [0.1, 0.15) is 22.8 Å². The molecule has 4 heteroatoms. The van der Waals surface area contributed by atoms with E-state index in [0.29, 0.717) is 12.2 Å². The molecule has 3 N–H and O–H groups in total. The number of hydrogen-bond donors (Lipinski definition) is 2. The summed E-state index contributed by atoms with van der Waals surface area (Å²) in [6.07, 6.45) is 0.468. The first kappa shape index (κ1) is 15.6. The number of carboxylic acids is 1. The smallest absolute Gasteiger partial charge is 0.320 e. The topological polar surface area (TPSA) is 63.3 Å². The van der Waals surface area contributed by atoms with Gasteiger partial charge in [-0.15, -0.1) is 11.8 Å². The van der Waals surface area contributed by atoms with E-state index in [-0.39, 0.29) is 5.25 Å². The van der Waals surface area contributed by atoms with Crippen molar-refractivity contribution in [3.63, 3.8) is 0 Å². The van der Waals surface area contributed by atoms with Crippen molar-refractivity contribution in [2.24, 2.45) is 5.73 Å². The van der Waals surface area contributed by atoms with Crippen LogP contribution in [-0.2, 0) is 4.79 Å². The maximum atomic E-state index is 10.8. The Kier molecular flexibility index (Phi) is 5.84. The van der Waals surface area contributed by atoms with Crippen LogP contribution in [0.15, 0.2) is 60.7 Å². The van der Waals surface area contributed by atoms with Crippen LogP contribution in [0.4, 0.5) is 0 Å². The highest BCUT2D eigenvalue weighted by atomic mass is 32.2. The van der Waals surface area contributed by atoms with Crippen molar-refractivity contribution in [2.75, 3.05) is 5.75 Å². The molecule has 3 nitrogen and oxygen atoms in total. The van der Waals surface area contributed by atoms with Crippen LogP contribution >= 0.6 is 11.8 Å². The number of aliphatic carboxylic acids is 1. The van der Waals surface area contributed by atoms with Crippen molar-refractivity contribution in [1.29, 1.82) is 0 Å². The minimum atomic E-state index is -0.938. The first-order valence-corrected chi connectivity index (χ1v) is 7.93. The molecule has 0 bridgehead atoms. The Morgan fingerprint density at radius 2 is 1.48 bits per heavy atom. The first-order valence-electron chi connectivity index (χ1n) is 6.88. The van der Waals surface area contributed by atoms with E-state index in [2.05, 4.69) is 24.3 Å². The van der Waals surface area contributed by atoms with Crippen LogP contribution in [-0.4, -0.2) is 22.9 Å². The van der Waals surface area contributed by atoms with E-state index in [0.717, 1.165) is 0 Å². The number of benzene rings is 2. The average molecular weight is 301 g/mol. The summed E-state index contributed by atoms with van der Waals surface area (Å²) in [6.45, 7) is 0. The van der Waals surface area contributed by atoms with Gasteiger partial charge in [0.25, 0.3) is 0 Å². The second kappa shape index (κ2) is 7.86. The molecule has 0 saturated heterocycles. The standard InChI is InChI=1S/C17H19NO2S/c18-15(17(19)20)11-12-21-16(13-7-3-1-4-8-13)14-9-5-2-6-10-14/h1-10,15-16H,11-12,18H2,(H,19,20). The van der Waals surface area contributed by atoms with Crippen molar-refractivity contribution in [1.82, 2.24) is 0 Å². The number of carboxylic acid groups (broad SMARTS) is 1. The molecule has 1 atom stereocenters. The Morgan fingerprint density at radius 1 is 1.00 bits per heavy atom. The molecule has 2 aromatic carbocycles. The molecular weight excluding hydrogens is 282 g/mol. The lowest BCUT2D eigenvalue weighted by Gasteiger charge is -2.18. The Hall–Kier alpha value is -1.78. The number of thioether (sulfide) groups is 1. The van der Waals surface area contributed by atoms with E-state index < -0.39 is 12.0 Å². The van der Waals surface area contributed by atoms with Gasteiger partial charge in [-0.05, 0) is 23.3 Å². The van der Waals surface area contributed by atoms with Crippen molar-refractivity contribution in [2.45, 2.75) is 17.7 Å². The maximum absolute atomic E-state index is 10.8. The van der Waals surface area contributed by atoms with Crippen molar-refractivity contribution in [3.05, 3.63) is 71.8 Å². The van der Waals surface area contributed by atoms with E-state index in [9.17, 15) is 4.79 Å². The third kappa shape index (κ3) is 4.62. The first-order chi connectivity index (χ1) is 10.2. The van der Waals surface area contributed by atoms with E-state index in [4.69, 9.17) is 10.8 Å². The summed E-state index contributed by atoms with van der Waals surface area (Å²) < 4.78 is 0. The lowest BCUT2D eigenvalue weighted by Crippen LogP contribution is -2.30. The molecule has 0 fully saturated rings. The quantitative estimate of drug-likeness (QED) is 0.823. The van der Waals surface area contributed by atoms with Gasteiger partial charge in [-0.2, -0.15) is 0 Å². The highest BCUT2D eigenvalue weighted by Crippen LogP contribution is 2.35. The molecule has 0 aromatic heterocycles. The van der Waals surface area contributed by atoms with Gasteiger partial charge in [0.2, 0.25) is 0 Å².